The molecule has 1 heterocycles. The smallest absolute Gasteiger partial charge is 0.223 e. The van der Waals surface area contributed by atoms with Gasteiger partial charge < -0.3 is 5.32 Å². The molecule has 1 aromatic rings. The predicted octanol–water partition coefficient (Wildman–Crippen LogP) is 2.34. The first kappa shape index (κ1) is 8.75. The van der Waals surface area contributed by atoms with Gasteiger partial charge in [0.15, 0.2) is 0 Å². The number of carbonyl (C=O) groups excluding carboxylic acids is 1. The van der Waals surface area contributed by atoms with Crippen molar-refractivity contribution in [2.75, 3.05) is 0 Å². The number of rotatable bonds is 3. The molecular weight excluding hydrogens is 182 g/mol. The Morgan fingerprint density at radius 2 is 2.46 bits per heavy atom. The highest BCUT2D eigenvalue weighted by Gasteiger charge is 2.30. The standard InChI is InChI=1S/C10H13NOS/c1-7(9-4-5-13-6-9)11-10(12)8-2-3-8/h4-8H,2-3H2,1H3,(H,11,12). The van der Waals surface area contributed by atoms with E-state index in [9.17, 15) is 4.79 Å². The van der Waals surface area contributed by atoms with Crippen LogP contribution in [0.15, 0.2) is 16.8 Å². The van der Waals surface area contributed by atoms with Crippen molar-refractivity contribution in [3.8, 4) is 0 Å². The lowest BCUT2D eigenvalue weighted by Crippen LogP contribution is -2.27. The Labute approximate surface area is 82.0 Å². The SMILES string of the molecule is CC(NC(=O)C1CC1)c1ccsc1. The second-order valence-corrected chi connectivity index (χ2v) is 4.34. The molecule has 1 saturated carbocycles. The molecule has 0 bridgehead atoms. The molecular formula is C10H13NOS. The number of hydrogen-bond donors (Lipinski definition) is 1. The third-order valence-electron chi connectivity index (χ3n) is 2.35. The highest BCUT2D eigenvalue weighted by Crippen LogP contribution is 2.29. The number of amides is 1. The fraction of sp³-hybridized carbons (Fsp3) is 0.500. The highest BCUT2D eigenvalue weighted by atomic mass is 32.1. The zero-order valence-corrected chi connectivity index (χ0v) is 8.43. The molecule has 1 aromatic heterocycles. The van der Waals surface area contributed by atoms with Gasteiger partial charge in [0.2, 0.25) is 5.91 Å². The molecule has 2 nitrogen and oxygen atoms in total. The summed E-state index contributed by atoms with van der Waals surface area (Å²) >= 11 is 1.67. The Balaban J connectivity index is 1.90. The molecule has 1 aliphatic rings. The molecule has 0 radical (unpaired) electrons. The van der Waals surface area contributed by atoms with Gasteiger partial charge in [-0.25, -0.2) is 0 Å². The van der Waals surface area contributed by atoms with Crippen molar-refractivity contribution in [1.29, 1.82) is 0 Å². The second-order valence-electron chi connectivity index (χ2n) is 3.56. The van der Waals surface area contributed by atoms with Crippen LogP contribution in [0.4, 0.5) is 0 Å². The Morgan fingerprint density at radius 3 is 3.00 bits per heavy atom. The molecule has 1 unspecified atom stereocenters. The van der Waals surface area contributed by atoms with Gasteiger partial charge in [0, 0.05) is 5.92 Å². The maximum atomic E-state index is 11.4. The van der Waals surface area contributed by atoms with Crippen LogP contribution >= 0.6 is 11.3 Å². The van der Waals surface area contributed by atoms with Gasteiger partial charge in [-0.3, -0.25) is 4.79 Å². The molecule has 0 aromatic carbocycles. The van der Waals surface area contributed by atoms with Crippen molar-refractivity contribution in [3.63, 3.8) is 0 Å². The first-order valence-corrected chi connectivity index (χ1v) is 5.54. The van der Waals surface area contributed by atoms with Crippen LogP contribution in [0.2, 0.25) is 0 Å². The maximum absolute atomic E-state index is 11.4. The van der Waals surface area contributed by atoms with Crippen LogP contribution in [-0.4, -0.2) is 5.91 Å². The molecule has 0 aliphatic heterocycles. The summed E-state index contributed by atoms with van der Waals surface area (Å²) in [5, 5.41) is 7.13. The van der Waals surface area contributed by atoms with Crippen molar-refractivity contribution in [2.24, 2.45) is 5.92 Å². The average Bonchev–Trinajstić information content (AvgIpc) is 2.81. The minimum Gasteiger partial charge on any atom is -0.349 e. The highest BCUT2D eigenvalue weighted by molar-refractivity contribution is 7.07. The largest absolute Gasteiger partial charge is 0.349 e. The quantitative estimate of drug-likeness (QED) is 0.788. The Kier molecular flexibility index (Phi) is 2.36. The van der Waals surface area contributed by atoms with Gasteiger partial charge >= 0.3 is 0 Å². The lowest BCUT2D eigenvalue weighted by molar-refractivity contribution is -0.122. The fourth-order valence-electron chi connectivity index (χ4n) is 1.28. The lowest BCUT2D eigenvalue weighted by Gasteiger charge is -2.11. The van der Waals surface area contributed by atoms with Gasteiger partial charge in [0.05, 0.1) is 6.04 Å². The summed E-state index contributed by atoms with van der Waals surface area (Å²) in [4.78, 5) is 11.4. The topological polar surface area (TPSA) is 29.1 Å². The van der Waals surface area contributed by atoms with Crippen LogP contribution in [0.1, 0.15) is 31.4 Å². The van der Waals surface area contributed by atoms with Crippen molar-refractivity contribution in [1.82, 2.24) is 5.32 Å². The number of hydrogen-bond acceptors (Lipinski definition) is 2. The van der Waals surface area contributed by atoms with Crippen LogP contribution in [0.5, 0.6) is 0 Å². The zero-order valence-electron chi connectivity index (χ0n) is 7.62. The van der Waals surface area contributed by atoms with Gasteiger partial charge in [-0.15, -0.1) is 0 Å². The normalized spacial score (nSPS) is 18.2. The van der Waals surface area contributed by atoms with Crippen LogP contribution in [0.25, 0.3) is 0 Å². The Bertz CT molecular complexity index is 290. The third-order valence-corrected chi connectivity index (χ3v) is 3.05. The van der Waals surface area contributed by atoms with Crippen molar-refractivity contribution in [2.45, 2.75) is 25.8 Å². The molecule has 0 spiro atoms. The summed E-state index contributed by atoms with van der Waals surface area (Å²) < 4.78 is 0. The van der Waals surface area contributed by atoms with E-state index in [4.69, 9.17) is 0 Å². The van der Waals surface area contributed by atoms with Crippen molar-refractivity contribution < 1.29 is 4.79 Å². The second kappa shape index (κ2) is 3.50. The van der Waals surface area contributed by atoms with E-state index in [0.29, 0.717) is 5.92 Å². The maximum Gasteiger partial charge on any atom is 0.223 e. The number of nitrogens with one attached hydrogen (secondary N) is 1. The van der Waals surface area contributed by atoms with E-state index in [1.54, 1.807) is 11.3 Å². The summed E-state index contributed by atoms with van der Waals surface area (Å²) in [7, 11) is 0. The first-order valence-electron chi connectivity index (χ1n) is 4.60. The summed E-state index contributed by atoms with van der Waals surface area (Å²) in [5.41, 5.74) is 1.21. The summed E-state index contributed by atoms with van der Waals surface area (Å²) in [6, 6.07) is 2.22. The van der Waals surface area contributed by atoms with Crippen molar-refractivity contribution >= 4 is 17.2 Å². The van der Waals surface area contributed by atoms with E-state index in [0.717, 1.165) is 12.8 Å². The monoisotopic (exact) mass is 195 g/mol. The number of carbonyl (C=O) groups is 1. The third kappa shape index (κ3) is 2.10. The summed E-state index contributed by atoms with van der Waals surface area (Å²) in [5.74, 6) is 0.528. The lowest BCUT2D eigenvalue weighted by atomic mass is 10.2. The van der Waals surface area contributed by atoms with Gasteiger partial charge in [0.1, 0.15) is 0 Å². The van der Waals surface area contributed by atoms with Gasteiger partial charge in [-0.05, 0) is 42.2 Å². The molecule has 1 fully saturated rings. The van der Waals surface area contributed by atoms with E-state index in [1.807, 2.05) is 12.3 Å². The minimum atomic E-state index is 0.166. The van der Waals surface area contributed by atoms with E-state index in [-0.39, 0.29) is 11.9 Å². The van der Waals surface area contributed by atoms with Crippen LogP contribution in [0.3, 0.4) is 0 Å². The van der Waals surface area contributed by atoms with Gasteiger partial charge in [-0.2, -0.15) is 11.3 Å². The van der Waals surface area contributed by atoms with Crippen LogP contribution in [-0.2, 0) is 4.79 Å². The van der Waals surface area contributed by atoms with Gasteiger partial charge in [0.25, 0.3) is 0 Å². The minimum absolute atomic E-state index is 0.166. The van der Waals surface area contributed by atoms with E-state index in [1.165, 1.54) is 5.56 Å². The Hall–Kier alpha value is -0.830. The average molecular weight is 195 g/mol. The molecule has 1 aliphatic carbocycles. The first-order chi connectivity index (χ1) is 6.27. The van der Waals surface area contributed by atoms with E-state index >= 15 is 0 Å². The molecule has 0 saturated heterocycles. The van der Waals surface area contributed by atoms with E-state index < -0.39 is 0 Å². The predicted molar refractivity (Wildman–Crippen MR) is 53.6 cm³/mol. The molecule has 70 valence electrons. The fourth-order valence-corrected chi connectivity index (χ4v) is 2.04. The molecule has 2 rings (SSSR count). The zero-order chi connectivity index (χ0) is 9.26. The summed E-state index contributed by atoms with van der Waals surface area (Å²) in [6.07, 6.45) is 2.14. The summed E-state index contributed by atoms with van der Waals surface area (Å²) in [6.45, 7) is 2.03. The molecule has 3 heteroatoms. The van der Waals surface area contributed by atoms with Crippen LogP contribution in [0, 0.1) is 5.92 Å². The molecule has 13 heavy (non-hydrogen) atoms. The molecule has 1 N–H and O–H groups in total. The number of thiophene rings is 1. The van der Waals surface area contributed by atoms with Crippen LogP contribution < -0.4 is 5.32 Å². The molecule has 1 amide bonds. The van der Waals surface area contributed by atoms with E-state index in [2.05, 4.69) is 16.8 Å². The van der Waals surface area contributed by atoms with Crippen molar-refractivity contribution in [3.05, 3.63) is 22.4 Å². The molecule has 1 atom stereocenters. The van der Waals surface area contributed by atoms with Gasteiger partial charge in [-0.1, -0.05) is 0 Å². The Morgan fingerprint density at radius 1 is 1.69 bits per heavy atom.